The Balaban J connectivity index is 2.31. The van der Waals surface area contributed by atoms with Gasteiger partial charge in [-0.15, -0.1) is 0 Å². The summed E-state index contributed by atoms with van der Waals surface area (Å²) in [6.07, 6.45) is -0.114. The van der Waals surface area contributed by atoms with Crippen LogP contribution in [0.4, 0.5) is 8.78 Å². The van der Waals surface area contributed by atoms with Crippen LogP contribution in [-0.4, -0.2) is 36.6 Å². The zero-order chi connectivity index (χ0) is 13.3. The van der Waals surface area contributed by atoms with Crippen LogP contribution < -0.4 is 0 Å². The van der Waals surface area contributed by atoms with Gasteiger partial charge >= 0.3 is 0 Å². The predicted molar refractivity (Wildman–Crippen MR) is 70.4 cm³/mol. The molecule has 0 N–H and O–H groups in total. The van der Waals surface area contributed by atoms with Crippen LogP contribution in [0, 0.1) is 15.2 Å². The van der Waals surface area contributed by atoms with E-state index in [0.717, 1.165) is 6.07 Å². The Kier molecular flexibility index (Phi) is 4.16. The molecule has 98 valence electrons. The molecule has 2 rings (SSSR count). The summed E-state index contributed by atoms with van der Waals surface area (Å²) in [6, 6.07) is 2.42. The van der Waals surface area contributed by atoms with E-state index in [1.807, 2.05) is 6.92 Å². The molecule has 0 saturated carbocycles. The van der Waals surface area contributed by atoms with Crippen molar-refractivity contribution in [3.8, 4) is 0 Å². The van der Waals surface area contributed by atoms with Crippen molar-refractivity contribution in [2.45, 2.75) is 13.0 Å². The molecule has 18 heavy (non-hydrogen) atoms. The highest BCUT2D eigenvalue weighted by molar-refractivity contribution is 14.1. The number of morpholine rings is 1. The van der Waals surface area contributed by atoms with Gasteiger partial charge in [-0.05, 0) is 41.6 Å². The fourth-order valence-corrected chi connectivity index (χ4v) is 2.33. The Morgan fingerprint density at radius 2 is 2.22 bits per heavy atom. The largest absolute Gasteiger partial charge is 0.375 e. The van der Waals surface area contributed by atoms with Gasteiger partial charge in [0.05, 0.1) is 12.7 Å². The second-order valence-corrected chi connectivity index (χ2v) is 5.31. The van der Waals surface area contributed by atoms with E-state index in [1.54, 1.807) is 22.6 Å². The van der Waals surface area contributed by atoms with Crippen molar-refractivity contribution in [3.05, 3.63) is 32.9 Å². The van der Waals surface area contributed by atoms with Gasteiger partial charge in [0, 0.05) is 16.7 Å². The van der Waals surface area contributed by atoms with Crippen molar-refractivity contribution in [3.63, 3.8) is 0 Å². The first-order chi connectivity index (χ1) is 8.50. The Hall–Kier alpha value is -0.760. The van der Waals surface area contributed by atoms with E-state index in [9.17, 15) is 13.6 Å². The monoisotopic (exact) mass is 367 g/mol. The molecule has 3 nitrogen and oxygen atoms in total. The molecular weight excluding hydrogens is 355 g/mol. The fraction of sp³-hybridized carbons (Fsp3) is 0.417. The van der Waals surface area contributed by atoms with E-state index in [2.05, 4.69) is 0 Å². The number of benzene rings is 1. The van der Waals surface area contributed by atoms with Gasteiger partial charge in [-0.3, -0.25) is 4.79 Å². The van der Waals surface area contributed by atoms with Gasteiger partial charge in [-0.25, -0.2) is 8.78 Å². The van der Waals surface area contributed by atoms with Gasteiger partial charge in [0.2, 0.25) is 0 Å². The van der Waals surface area contributed by atoms with E-state index in [-0.39, 0.29) is 9.67 Å². The van der Waals surface area contributed by atoms with Crippen LogP contribution in [0.2, 0.25) is 0 Å². The van der Waals surface area contributed by atoms with E-state index in [1.165, 1.54) is 11.0 Å². The smallest absolute Gasteiger partial charge is 0.260 e. The molecule has 0 aromatic heterocycles. The van der Waals surface area contributed by atoms with Crippen molar-refractivity contribution >= 4 is 28.5 Å². The Labute approximate surface area is 117 Å². The molecule has 1 fully saturated rings. The SMILES string of the molecule is CC1CN(C(=O)c2c(F)ccc(I)c2F)CCO1. The average Bonchev–Trinajstić information content (AvgIpc) is 2.34. The third kappa shape index (κ3) is 2.64. The van der Waals surface area contributed by atoms with Crippen LogP contribution in [0.25, 0.3) is 0 Å². The lowest BCUT2D eigenvalue weighted by Crippen LogP contribution is -2.45. The molecule has 1 unspecified atom stereocenters. The number of carbonyl (C=O) groups excluding carboxylic acids is 1. The molecule has 1 amide bonds. The van der Waals surface area contributed by atoms with E-state index >= 15 is 0 Å². The third-order valence-corrected chi connectivity index (χ3v) is 3.62. The maximum absolute atomic E-state index is 13.8. The zero-order valence-corrected chi connectivity index (χ0v) is 11.9. The molecule has 1 aliphatic heterocycles. The number of nitrogens with zero attached hydrogens (tertiary/aromatic N) is 1. The first-order valence-corrected chi connectivity index (χ1v) is 6.63. The normalized spacial score (nSPS) is 20.0. The molecule has 1 aliphatic rings. The molecule has 0 bridgehead atoms. The third-order valence-electron chi connectivity index (χ3n) is 2.79. The summed E-state index contributed by atoms with van der Waals surface area (Å²) in [5, 5.41) is 0. The van der Waals surface area contributed by atoms with Crippen molar-refractivity contribution in [1.82, 2.24) is 4.90 Å². The minimum atomic E-state index is -0.822. The summed E-state index contributed by atoms with van der Waals surface area (Å²) in [5.74, 6) is -2.23. The summed E-state index contributed by atoms with van der Waals surface area (Å²) in [6.45, 7) is 2.91. The van der Waals surface area contributed by atoms with Crippen LogP contribution in [-0.2, 0) is 4.74 Å². The van der Waals surface area contributed by atoms with Crippen LogP contribution in [0.1, 0.15) is 17.3 Å². The van der Waals surface area contributed by atoms with Gasteiger partial charge in [0.1, 0.15) is 11.4 Å². The van der Waals surface area contributed by atoms with Crippen LogP contribution in [0.3, 0.4) is 0 Å². The summed E-state index contributed by atoms with van der Waals surface area (Å²) >= 11 is 1.74. The maximum Gasteiger partial charge on any atom is 0.260 e. The molecule has 1 saturated heterocycles. The Morgan fingerprint density at radius 1 is 1.50 bits per heavy atom. The quantitative estimate of drug-likeness (QED) is 0.564. The lowest BCUT2D eigenvalue weighted by molar-refractivity contribution is -0.0127. The Morgan fingerprint density at radius 3 is 2.89 bits per heavy atom. The van der Waals surface area contributed by atoms with E-state index in [0.29, 0.717) is 19.7 Å². The summed E-state index contributed by atoms with van der Waals surface area (Å²) in [4.78, 5) is 13.5. The first kappa shape index (κ1) is 13.7. The maximum atomic E-state index is 13.8. The predicted octanol–water partition coefficient (Wildman–Crippen LogP) is 2.43. The molecule has 1 aromatic rings. The van der Waals surface area contributed by atoms with E-state index in [4.69, 9.17) is 4.74 Å². The highest BCUT2D eigenvalue weighted by Gasteiger charge is 2.27. The topological polar surface area (TPSA) is 29.5 Å². The van der Waals surface area contributed by atoms with Crippen LogP contribution >= 0.6 is 22.6 Å². The van der Waals surface area contributed by atoms with Crippen molar-refractivity contribution in [1.29, 1.82) is 0 Å². The van der Waals surface area contributed by atoms with Gasteiger partial charge in [-0.1, -0.05) is 0 Å². The van der Waals surface area contributed by atoms with Crippen LogP contribution in [0.15, 0.2) is 12.1 Å². The van der Waals surface area contributed by atoms with Crippen molar-refractivity contribution < 1.29 is 18.3 Å². The molecular formula is C12H12F2INO2. The lowest BCUT2D eigenvalue weighted by atomic mass is 10.1. The summed E-state index contributed by atoms with van der Waals surface area (Å²) < 4.78 is 33.0. The molecule has 0 radical (unpaired) electrons. The first-order valence-electron chi connectivity index (χ1n) is 5.55. The summed E-state index contributed by atoms with van der Waals surface area (Å²) in [7, 11) is 0. The van der Waals surface area contributed by atoms with Gasteiger partial charge < -0.3 is 9.64 Å². The average molecular weight is 367 g/mol. The van der Waals surface area contributed by atoms with Gasteiger partial charge in [0.25, 0.3) is 5.91 Å². The van der Waals surface area contributed by atoms with Gasteiger partial charge in [-0.2, -0.15) is 0 Å². The number of hydrogen-bond acceptors (Lipinski definition) is 2. The minimum Gasteiger partial charge on any atom is -0.375 e. The van der Waals surface area contributed by atoms with Crippen molar-refractivity contribution in [2.24, 2.45) is 0 Å². The van der Waals surface area contributed by atoms with E-state index < -0.39 is 23.1 Å². The zero-order valence-electron chi connectivity index (χ0n) is 9.75. The molecule has 0 spiro atoms. The van der Waals surface area contributed by atoms with Gasteiger partial charge in [0.15, 0.2) is 5.82 Å². The minimum absolute atomic E-state index is 0.114. The van der Waals surface area contributed by atoms with Crippen molar-refractivity contribution in [2.75, 3.05) is 19.7 Å². The molecule has 6 heteroatoms. The number of halogens is 3. The number of carbonyl (C=O) groups is 1. The highest BCUT2D eigenvalue weighted by Crippen LogP contribution is 2.21. The number of ether oxygens (including phenoxy) is 1. The molecule has 1 aromatic carbocycles. The fourth-order valence-electron chi connectivity index (χ4n) is 1.88. The second-order valence-electron chi connectivity index (χ2n) is 4.15. The summed E-state index contributed by atoms with van der Waals surface area (Å²) in [5.41, 5.74) is -0.476. The highest BCUT2D eigenvalue weighted by atomic mass is 127. The Bertz CT molecular complexity index is 481. The number of amides is 1. The molecule has 1 atom stereocenters. The lowest BCUT2D eigenvalue weighted by Gasteiger charge is -2.31. The molecule has 0 aliphatic carbocycles. The second kappa shape index (κ2) is 5.48. The van der Waals surface area contributed by atoms with Crippen LogP contribution in [0.5, 0.6) is 0 Å². The standard InChI is InChI=1S/C12H12F2INO2/c1-7-6-16(4-5-18-7)12(17)10-8(13)2-3-9(15)11(10)14/h2-3,7H,4-6H2,1H3. The number of rotatable bonds is 1. The molecule has 1 heterocycles. The number of hydrogen-bond donors (Lipinski definition) is 0.